The van der Waals surface area contributed by atoms with Crippen LogP contribution in [0.1, 0.15) is 31.4 Å². The lowest BCUT2D eigenvalue weighted by atomic mass is 9.76. The molecule has 1 aromatic carbocycles. The fraction of sp³-hybridized carbons (Fsp3) is 0.318. The summed E-state index contributed by atoms with van der Waals surface area (Å²) < 4.78 is 12.1. The number of ketones is 1. The van der Waals surface area contributed by atoms with E-state index in [1.165, 1.54) is 16.8 Å². The number of benzene rings is 1. The minimum absolute atomic E-state index is 0.110. The van der Waals surface area contributed by atoms with E-state index in [1.54, 1.807) is 6.92 Å². The first-order chi connectivity index (χ1) is 13.1. The maximum atomic E-state index is 11.9. The van der Waals surface area contributed by atoms with Crippen molar-refractivity contribution < 1.29 is 14.3 Å². The molecule has 0 bridgehead atoms. The molecule has 138 valence electrons. The van der Waals surface area contributed by atoms with Crippen molar-refractivity contribution in [3.63, 3.8) is 0 Å². The van der Waals surface area contributed by atoms with Gasteiger partial charge in [-0.25, -0.2) is 0 Å². The number of hydrogen-bond donors (Lipinski definition) is 1. The van der Waals surface area contributed by atoms with Gasteiger partial charge < -0.3 is 14.8 Å². The Kier molecular flexibility index (Phi) is 4.01. The Bertz CT molecular complexity index is 957. The van der Waals surface area contributed by atoms with Gasteiger partial charge >= 0.3 is 0 Å². The number of allylic oxidation sites excluding steroid dienone is 7. The Labute approximate surface area is 166 Å². The summed E-state index contributed by atoms with van der Waals surface area (Å²) in [7, 11) is 0. The molecule has 3 unspecified atom stereocenters. The SMILES string of the molecule is CC(=O)C1=CC2=C(CC=C1)NC(c1cc3c(cc1Br)OCO3)C1CC=CC21. The van der Waals surface area contributed by atoms with Crippen molar-refractivity contribution in [1.82, 2.24) is 5.32 Å². The van der Waals surface area contributed by atoms with Gasteiger partial charge in [0.1, 0.15) is 0 Å². The van der Waals surface area contributed by atoms with E-state index in [0.29, 0.717) is 11.8 Å². The molecule has 1 N–H and O–H groups in total. The van der Waals surface area contributed by atoms with Crippen LogP contribution in [0.4, 0.5) is 0 Å². The van der Waals surface area contributed by atoms with Crippen molar-refractivity contribution in [1.29, 1.82) is 0 Å². The lowest BCUT2D eigenvalue weighted by Gasteiger charge is -2.38. The highest BCUT2D eigenvalue weighted by Crippen LogP contribution is 2.49. The number of nitrogens with one attached hydrogen (secondary N) is 1. The van der Waals surface area contributed by atoms with Gasteiger partial charge in [-0.2, -0.15) is 0 Å². The van der Waals surface area contributed by atoms with E-state index in [0.717, 1.165) is 34.4 Å². The number of fused-ring (bicyclic) bond motifs is 3. The van der Waals surface area contributed by atoms with E-state index >= 15 is 0 Å². The topological polar surface area (TPSA) is 47.6 Å². The molecule has 2 heterocycles. The molecule has 0 radical (unpaired) electrons. The monoisotopic (exact) mass is 425 g/mol. The normalized spacial score (nSPS) is 27.6. The smallest absolute Gasteiger partial charge is 0.231 e. The van der Waals surface area contributed by atoms with Crippen molar-refractivity contribution in [2.45, 2.75) is 25.8 Å². The van der Waals surface area contributed by atoms with Crippen LogP contribution in [-0.2, 0) is 4.79 Å². The van der Waals surface area contributed by atoms with Crippen molar-refractivity contribution in [2.75, 3.05) is 6.79 Å². The van der Waals surface area contributed by atoms with Gasteiger partial charge in [0.25, 0.3) is 0 Å². The second kappa shape index (κ2) is 6.41. The van der Waals surface area contributed by atoms with Gasteiger partial charge in [0, 0.05) is 28.1 Å². The Hall–Kier alpha value is -2.27. The first-order valence-corrected chi connectivity index (χ1v) is 10.1. The standard InChI is InChI=1S/C22H20BrNO3/c1-12(25)13-4-2-7-19-16(8-13)14-5-3-6-15(14)22(24-19)17-9-20-21(10-18(17)23)27-11-26-20/h2-5,8-10,14-15,22,24H,6-7,11H2,1H3. The van der Waals surface area contributed by atoms with E-state index in [4.69, 9.17) is 9.47 Å². The number of halogens is 1. The van der Waals surface area contributed by atoms with E-state index in [2.05, 4.69) is 51.6 Å². The van der Waals surface area contributed by atoms with Crippen LogP contribution in [-0.4, -0.2) is 12.6 Å². The molecule has 0 amide bonds. The molecule has 4 nitrogen and oxygen atoms in total. The van der Waals surface area contributed by atoms with Crippen molar-refractivity contribution >= 4 is 21.7 Å². The lowest BCUT2D eigenvalue weighted by Crippen LogP contribution is -2.37. The molecule has 0 saturated heterocycles. The van der Waals surface area contributed by atoms with Crippen LogP contribution in [0.3, 0.4) is 0 Å². The van der Waals surface area contributed by atoms with Gasteiger partial charge in [0.05, 0.1) is 6.04 Å². The second-order valence-corrected chi connectivity index (χ2v) is 8.25. The Morgan fingerprint density at radius 2 is 2.04 bits per heavy atom. The fourth-order valence-corrected chi connectivity index (χ4v) is 5.08. The summed E-state index contributed by atoms with van der Waals surface area (Å²) >= 11 is 3.73. The number of ether oxygens (including phenoxy) is 2. The highest BCUT2D eigenvalue weighted by molar-refractivity contribution is 9.10. The van der Waals surface area contributed by atoms with Gasteiger partial charge in [-0.05, 0) is 48.6 Å². The summed E-state index contributed by atoms with van der Waals surface area (Å²) in [5.74, 6) is 2.42. The summed E-state index contributed by atoms with van der Waals surface area (Å²) in [5.41, 5.74) is 4.42. The largest absolute Gasteiger partial charge is 0.454 e. The quantitative estimate of drug-likeness (QED) is 0.694. The van der Waals surface area contributed by atoms with E-state index in [9.17, 15) is 4.79 Å². The number of Topliss-reactive ketones (excluding diaryl/α,β-unsaturated/α-hetero) is 1. The van der Waals surface area contributed by atoms with Crippen molar-refractivity contribution in [3.8, 4) is 11.5 Å². The van der Waals surface area contributed by atoms with Crippen molar-refractivity contribution in [3.05, 3.63) is 69.4 Å². The van der Waals surface area contributed by atoms with Gasteiger partial charge in [-0.1, -0.05) is 40.2 Å². The van der Waals surface area contributed by atoms with Gasteiger partial charge in [-0.15, -0.1) is 0 Å². The van der Waals surface area contributed by atoms with E-state index in [1.807, 2.05) is 12.1 Å². The summed E-state index contributed by atoms with van der Waals surface area (Å²) in [6.07, 6.45) is 12.5. The third-order valence-electron chi connectivity index (χ3n) is 5.84. The molecule has 3 atom stereocenters. The summed E-state index contributed by atoms with van der Waals surface area (Å²) in [4.78, 5) is 11.9. The zero-order valence-electron chi connectivity index (χ0n) is 15.0. The molecule has 1 aromatic rings. The number of hydrogen-bond acceptors (Lipinski definition) is 4. The van der Waals surface area contributed by atoms with Gasteiger partial charge in [0.2, 0.25) is 6.79 Å². The van der Waals surface area contributed by atoms with E-state index in [-0.39, 0.29) is 18.6 Å². The minimum atomic E-state index is 0.110. The molecular weight excluding hydrogens is 406 g/mol. The molecule has 0 spiro atoms. The molecular formula is C22H20BrNO3. The zero-order valence-corrected chi connectivity index (χ0v) is 16.6. The predicted molar refractivity (Wildman–Crippen MR) is 106 cm³/mol. The van der Waals surface area contributed by atoms with Crippen LogP contribution in [0.5, 0.6) is 11.5 Å². The number of carbonyl (C=O) groups excluding carboxylic acids is 1. The summed E-state index contributed by atoms with van der Waals surface area (Å²) in [5, 5.41) is 3.78. The maximum absolute atomic E-state index is 11.9. The first-order valence-electron chi connectivity index (χ1n) is 9.26. The highest BCUT2D eigenvalue weighted by atomic mass is 79.9. The summed E-state index contributed by atoms with van der Waals surface area (Å²) in [6, 6.07) is 4.27. The highest BCUT2D eigenvalue weighted by Gasteiger charge is 2.40. The van der Waals surface area contributed by atoms with E-state index < -0.39 is 0 Å². The van der Waals surface area contributed by atoms with Crippen LogP contribution in [0.2, 0.25) is 0 Å². The van der Waals surface area contributed by atoms with Crippen LogP contribution >= 0.6 is 15.9 Å². The maximum Gasteiger partial charge on any atom is 0.231 e. The predicted octanol–water partition coefficient (Wildman–Crippen LogP) is 4.74. The zero-order chi connectivity index (χ0) is 18.5. The Balaban J connectivity index is 1.58. The van der Waals surface area contributed by atoms with Crippen LogP contribution in [0.25, 0.3) is 0 Å². The van der Waals surface area contributed by atoms with Crippen LogP contribution in [0, 0.1) is 11.8 Å². The molecule has 5 heteroatoms. The first kappa shape index (κ1) is 16.9. The third kappa shape index (κ3) is 2.76. The lowest BCUT2D eigenvalue weighted by molar-refractivity contribution is -0.113. The molecule has 5 rings (SSSR count). The minimum Gasteiger partial charge on any atom is -0.454 e. The molecule has 2 aliphatic heterocycles. The Morgan fingerprint density at radius 3 is 2.85 bits per heavy atom. The molecule has 0 saturated carbocycles. The van der Waals surface area contributed by atoms with Gasteiger partial charge in [0.15, 0.2) is 17.3 Å². The molecule has 0 fully saturated rings. The van der Waals surface area contributed by atoms with Crippen LogP contribution in [0.15, 0.2) is 63.8 Å². The molecule has 27 heavy (non-hydrogen) atoms. The molecule has 4 aliphatic rings. The number of rotatable bonds is 2. The Morgan fingerprint density at radius 1 is 1.22 bits per heavy atom. The molecule has 0 aromatic heterocycles. The second-order valence-electron chi connectivity index (χ2n) is 7.40. The van der Waals surface area contributed by atoms with Gasteiger partial charge in [-0.3, -0.25) is 4.79 Å². The number of carbonyl (C=O) groups is 1. The van der Waals surface area contributed by atoms with Crippen molar-refractivity contribution in [2.24, 2.45) is 11.8 Å². The third-order valence-corrected chi connectivity index (χ3v) is 6.53. The summed E-state index contributed by atoms with van der Waals surface area (Å²) in [6.45, 7) is 1.90. The molecule has 2 aliphatic carbocycles. The average molecular weight is 426 g/mol. The van der Waals surface area contributed by atoms with Crippen LogP contribution < -0.4 is 14.8 Å². The average Bonchev–Trinajstić information content (AvgIpc) is 3.25. The fourth-order valence-electron chi connectivity index (χ4n) is 4.51.